The molecule has 2 heterocycles. The van der Waals surface area contributed by atoms with E-state index in [9.17, 15) is 13.6 Å². The molecule has 0 atom stereocenters. The fraction of sp³-hybridized carbons (Fsp3) is 0.182. The summed E-state index contributed by atoms with van der Waals surface area (Å²) in [5, 5.41) is 8.72. The number of alkyl halides is 2. The van der Waals surface area contributed by atoms with Crippen LogP contribution in [0.5, 0.6) is 5.75 Å². The third-order valence-electron chi connectivity index (χ3n) is 4.55. The minimum absolute atomic E-state index is 0.107. The number of rotatable bonds is 9. The molecule has 0 saturated carbocycles. The Morgan fingerprint density at radius 2 is 1.88 bits per heavy atom. The lowest BCUT2D eigenvalue weighted by atomic mass is 10.1. The Balaban J connectivity index is 1.30. The van der Waals surface area contributed by atoms with Crippen LogP contribution in [-0.2, 0) is 11.2 Å². The van der Waals surface area contributed by atoms with Crippen LogP contribution in [0.1, 0.15) is 5.56 Å². The lowest BCUT2D eigenvalue weighted by molar-refractivity contribution is -0.118. The minimum Gasteiger partial charge on any atom is -0.435 e. The van der Waals surface area contributed by atoms with Crippen LogP contribution in [0.4, 0.5) is 8.78 Å². The molecule has 2 aromatic heterocycles. The van der Waals surface area contributed by atoms with E-state index in [-0.39, 0.29) is 17.4 Å². The number of carbonyl (C=O) groups excluding carboxylic acids is 1. The maximum atomic E-state index is 12.2. The highest BCUT2D eigenvalue weighted by atomic mass is 32.2. The average Bonchev–Trinajstić information content (AvgIpc) is 3.24. The lowest BCUT2D eigenvalue weighted by Crippen LogP contribution is -2.27. The van der Waals surface area contributed by atoms with Gasteiger partial charge in [-0.05, 0) is 36.2 Å². The van der Waals surface area contributed by atoms with Gasteiger partial charge in [0.05, 0.1) is 23.0 Å². The van der Waals surface area contributed by atoms with E-state index in [2.05, 4.69) is 25.1 Å². The molecule has 7 nitrogen and oxygen atoms in total. The molecule has 10 heteroatoms. The van der Waals surface area contributed by atoms with Gasteiger partial charge in [-0.2, -0.15) is 13.9 Å². The Labute approximate surface area is 186 Å². The van der Waals surface area contributed by atoms with Gasteiger partial charge in [-0.25, -0.2) is 14.6 Å². The molecule has 32 heavy (non-hydrogen) atoms. The van der Waals surface area contributed by atoms with Gasteiger partial charge in [0.2, 0.25) is 5.91 Å². The predicted molar refractivity (Wildman–Crippen MR) is 117 cm³/mol. The number of thioether (sulfide) groups is 1. The average molecular weight is 455 g/mol. The summed E-state index contributed by atoms with van der Waals surface area (Å²) in [6, 6.07) is 16.0. The molecule has 164 valence electrons. The Morgan fingerprint density at radius 1 is 1.09 bits per heavy atom. The van der Waals surface area contributed by atoms with Crippen LogP contribution in [0.2, 0.25) is 0 Å². The van der Waals surface area contributed by atoms with Crippen molar-refractivity contribution in [2.75, 3.05) is 12.3 Å². The van der Waals surface area contributed by atoms with Crippen molar-refractivity contribution in [3.63, 3.8) is 0 Å². The van der Waals surface area contributed by atoms with Crippen molar-refractivity contribution in [1.29, 1.82) is 0 Å². The zero-order valence-electron chi connectivity index (χ0n) is 16.8. The second-order valence-corrected chi connectivity index (χ2v) is 7.68. The highest BCUT2D eigenvalue weighted by Gasteiger charge is 2.13. The summed E-state index contributed by atoms with van der Waals surface area (Å²) < 4.78 is 30.4. The Bertz CT molecular complexity index is 1190. The molecule has 0 aliphatic rings. The third kappa shape index (κ3) is 5.38. The number of ether oxygens (including phenoxy) is 1. The first-order valence-corrected chi connectivity index (χ1v) is 10.8. The molecule has 0 aliphatic heterocycles. The van der Waals surface area contributed by atoms with Gasteiger partial charge in [-0.1, -0.05) is 42.1 Å². The van der Waals surface area contributed by atoms with E-state index in [1.807, 2.05) is 30.3 Å². The second-order valence-electron chi connectivity index (χ2n) is 6.72. The van der Waals surface area contributed by atoms with Crippen molar-refractivity contribution in [3.8, 4) is 11.4 Å². The van der Waals surface area contributed by atoms with Crippen LogP contribution in [0.25, 0.3) is 16.7 Å². The number of fused-ring (bicyclic) bond motifs is 1. The number of amides is 1. The van der Waals surface area contributed by atoms with E-state index < -0.39 is 6.61 Å². The number of para-hydroxylation sites is 1. The van der Waals surface area contributed by atoms with Crippen molar-refractivity contribution in [2.45, 2.75) is 18.1 Å². The number of nitrogens with one attached hydrogen (secondary N) is 1. The smallest absolute Gasteiger partial charge is 0.387 e. The van der Waals surface area contributed by atoms with E-state index >= 15 is 0 Å². The first-order chi connectivity index (χ1) is 15.6. The second kappa shape index (κ2) is 10.2. The van der Waals surface area contributed by atoms with Crippen molar-refractivity contribution < 1.29 is 18.3 Å². The van der Waals surface area contributed by atoms with E-state index in [0.717, 1.165) is 16.6 Å². The monoisotopic (exact) mass is 455 g/mol. The normalized spacial score (nSPS) is 11.1. The summed E-state index contributed by atoms with van der Waals surface area (Å²) >= 11 is 1.32. The molecular formula is C22H19F2N5O2S. The summed E-state index contributed by atoms with van der Waals surface area (Å²) in [6.45, 7) is -2.42. The van der Waals surface area contributed by atoms with Gasteiger partial charge in [0.15, 0.2) is 5.65 Å². The summed E-state index contributed by atoms with van der Waals surface area (Å²) in [5.74, 6) is 0.176. The summed E-state index contributed by atoms with van der Waals surface area (Å²) in [7, 11) is 0. The van der Waals surface area contributed by atoms with Crippen LogP contribution in [0.15, 0.2) is 72.1 Å². The molecule has 1 amide bonds. The maximum absolute atomic E-state index is 12.2. The number of carbonyl (C=O) groups is 1. The van der Waals surface area contributed by atoms with E-state index in [1.165, 1.54) is 30.2 Å². The number of aromatic nitrogens is 4. The maximum Gasteiger partial charge on any atom is 0.387 e. The van der Waals surface area contributed by atoms with Crippen LogP contribution in [0.3, 0.4) is 0 Å². The number of benzene rings is 2. The molecule has 4 rings (SSSR count). The fourth-order valence-electron chi connectivity index (χ4n) is 3.06. The Morgan fingerprint density at radius 3 is 2.62 bits per heavy atom. The van der Waals surface area contributed by atoms with Crippen molar-refractivity contribution in [1.82, 2.24) is 25.1 Å². The van der Waals surface area contributed by atoms with Gasteiger partial charge in [0.25, 0.3) is 0 Å². The zero-order chi connectivity index (χ0) is 22.3. The highest BCUT2D eigenvalue weighted by Crippen LogP contribution is 2.25. The fourth-order valence-corrected chi connectivity index (χ4v) is 3.86. The van der Waals surface area contributed by atoms with Crippen LogP contribution in [0, 0.1) is 0 Å². The van der Waals surface area contributed by atoms with Crippen LogP contribution >= 0.6 is 11.8 Å². The van der Waals surface area contributed by atoms with Gasteiger partial charge in [-0.3, -0.25) is 4.79 Å². The van der Waals surface area contributed by atoms with Gasteiger partial charge in [-0.15, -0.1) is 0 Å². The van der Waals surface area contributed by atoms with Gasteiger partial charge in [0, 0.05) is 6.54 Å². The Kier molecular flexibility index (Phi) is 6.90. The molecule has 1 N–H and O–H groups in total. The molecule has 0 radical (unpaired) electrons. The van der Waals surface area contributed by atoms with Gasteiger partial charge < -0.3 is 10.1 Å². The molecule has 0 aliphatic carbocycles. The molecule has 4 aromatic rings. The van der Waals surface area contributed by atoms with E-state index in [0.29, 0.717) is 23.6 Å². The molecule has 0 fully saturated rings. The lowest BCUT2D eigenvalue weighted by Gasteiger charge is -2.07. The number of halogens is 2. The quantitative estimate of drug-likeness (QED) is 0.305. The molecule has 0 bridgehead atoms. The molecule has 0 unspecified atom stereocenters. The number of hydrogen-bond donors (Lipinski definition) is 1. The SMILES string of the molecule is O=C(CSc1ncnc2c1cnn2-c1ccccc1)NCCc1ccc(OC(F)F)cc1. The topological polar surface area (TPSA) is 81.9 Å². The van der Waals surface area contributed by atoms with Crippen LogP contribution in [-0.4, -0.2) is 44.6 Å². The van der Waals surface area contributed by atoms with Crippen LogP contribution < -0.4 is 10.1 Å². The predicted octanol–water partition coefficient (Wildman–Crippen LogP) is 3.87. The zero-order valence-corrected chi connectivity index (χ0v) is 17.6. The summed E-state index contributed by atoms with van der Waals surface area (Å²) in [4.78, 5) is 20.9. The van der Waals surface area contributed by atoms with Crippen molar-refractivity contribution >= 4 is 28.7 Å². The minimum atomic E-state index is -2.85. The standard InChI is InChI=1S/C22H19F2N5O2S/c23-22(24)31-17-8-6-15(7-9-17)10-11-25-19(30)13-32-21-18-12-28-29(20(18)26-14-27-21)16-4-2-1-3-5-16/h1-9,12,14,22H,10-11,13H2,(H,25,30). The summed E-state index contributed by atoms with van der Waals surface area (Å²) in [5.41, 5.74) is 2.47. The molecule has 0 spiro atoms. The van der Waals surface area contributed by atoms with E-state index in [4.69, 9.17) is 0 Å². The first-order valence-electron chi connectivity index (χ1n) is 9.77. The highest BCUT2D eigenvalue weighted by molar-refractivity contribution is 8.00. The largest absolute Gasteiger partial charge is 0.435 e. The van der Waals surface area contributed by atoms with Crippen molar-refractivity contribution in [3.05, 3.63) is 72.7 Å². The molecule has 2 aromatic carbocycles. The van der Waals surface area contributed by atoms with Crippen molar-refractivity contribution in [2.24, 2.45) is 0 Å². The summed E-state index contributed by atoms with van der Waals surface area (Å²) in [6.07, 6.45) is 3.74. The Hall–Kier alpha value is -3.53. The third-order valence-corrected chi connectivity index (χ3v) is 5.56. The first kappa shape index (κ1) is 21.7. The number of nitrogens with zero attached hydrogens (tertiary/aromatic N) is 4. The van der Waals surface area contributed by atoms with Gasteiger partial charge >= 0.3 is 6.61 Å². The van der Waals surface area contributed by atoms with E-state index in [1.54, 1.807) is 23.0 Å². The molecule has 0 saturated heterocycles. The number of hydrogen-bond acceptors (Lipinski definition) is 6. The molecular weight excluding hydrogens is 436 g/mol. The van der Waals surface area contributed by atoms with Gasteiger partial charge in [0.1, 0.15) is 17.1 Å².